The number of nitrogens with zero attached hydrogens (tertiary/aromatic N) is 4. The highest BCUT2D eigenvalue weighted by Crippen LogP contribution is 2.27. The third kappa shape index (κ3) is 2.23. The van der Waals surface area contributed by atoms with E-state index in [1.807, 2.05) is 4.90 Å². The molecule has 0 aliphatic carbocycles. The topological polar surface area (TPSA) is 61.4 Å². The highest BCUT2D eigenvalue weighted by Gasteiger charge is 2.35. The van der Waals surface area contributed by atoms with E-state index in [1.165, 1.54) is 0 Å². The van der Waals surface area contributed by atoms with Crippen LogP contribution in [0.5, 0.6) is 0 Å². The van der Waals surface area contributed by atoms with Crippen LogP contribution in [0.1, 0.15) is 0 Å². The number of nitrogens with one attached hydrogen (secondary N) is 1. The molecule has 0 bridgehead atoms. The number of anilines is 1. The number of halogens is 2. The molecule has 4 rings (SSSR count). The SMILES string of the molecule is O=C1NCC2CN(c3cnc4cc(Cl)c(Cl)cc4n3)CCN12. The van der Waals surface area contributed by atoms with Crippen LogP contribution in [0.3, 0.4) is 0 Å². The standard InChI is InChI=1S/C14H13Cl2N5O/c15-9-3-11-12(4-10(9)16)19-13(6-17-11)20-1-2-21-8(7-20)5-18-14(21)22/h3-4,6,8H,1-2,5,7H2,(H,18,22). The Kier molecular flexibility index (Phi) is 3.23. The molecular formula is C14H13Cl2N5O. The van der Waals surface area contributed by atoms with Gasteiger partial charge in [0.1, 0.15) is 5.82 Å². The largest absolute Gasteiger partial charge is 0.351 e. The molecule has 0 radical (unpaired) electrons. The van der Waals surface area contributed by atoms with Crippen molar-refractivity contribution in [2.75, 3.05) is 31.1 Å². The van der Waals surface area contributed by atoms with Crippen molar-refractivity contribution in [1.82, 2.24) is 20.2 Å². The Hall–Kier alpha value is -1.79. The van der Waals surface area contributed by atoms with E-state index >= 15 is 0 Å². The zero-order valence-electron chi connectivity index (χ0n) is 11.6. The molecule has 114 valence electrons. The van der Waals surface area contributed by atoms with Crippen LogP contribution < -0.4 is 10.2 Å². The van der Waals surface area contributed by atoms with Gasteiger partial charge in [0.15, 0.2) is 0 Å². The van der Waals surface area contributed by atoms with Gasteiger partial charge in [-0.05, 0) is 12.1 Å². The number of aromatic nitrogens is 2. The van der Waals surface area contributed by atoms with Gasteiger partial charge in [0.05, 0.1) is 33.3 Å². The van der Waals surface area contributed by atoms with Crippen molar-refractivity contribution < 1.29 is 4.79 Å². The molecular weight excluding hydrogens is 325 g/mol. The average molecular weight is 338 g/mol. The lowest BCUT2D eigenvalue weighted by atomic mass is 10.2. The Balaban J connectivity index is 1.64. The fraction of sp³-hybridized carbons (Fsp3) is 0.357. The summed E-state index contributed by atoms with van der Waals surface area (Å²) in [6.45, 7) is 2.86. The van der Waals surface area contributed by atoms with Crippen LogP contribution in [0.15, 0.2) is 18.3 Å². The zero-order valence-corrected chi connectivity index (χ0v) is 13.1. The summed E-state index contributed by atoms with van der Waals surface area (Å²) >= 11 is 12.0. The predicted octanol–water partition coefficient (Wildman–Crippen LogP) is 2.15. The van der Waals surface area contributed by atoms with Crippen molar-refractivity contribution in [3.05, 3.63) is 28.4 Å². The van der Waals surface area contributed by atoms with Crippen LogP contribution in [-0.2, 0) is 0 Å². The minimum Gasteiger partial charge on any atom is -0.351 e. The molecule has 2 amide bonds. The van der Waals surface area contributed by atoms with Gasteiger partial charge in [-0.15, -0.1) is 0 Å². The summed E-state index contributed by atoms with van der Waals surface area (Å²) in [6.07, 6.45) is 1.74. The number of piperazine rings is 1. The summed E-state index contributed by atoms with van der Waals surface area (Å²) in [5.41, 5.74) is 1.43. The Labute approximate surface area is 137 Å². The van der Waals surface area contributed by atoms with E-state index in [1.54, 1.807) is 18.3 Å². The number of benzene rings is 1. The molecule has 1 aromatic carbocycles. The molecule has 2 aliphatic rings. The van der Waals surface area contributed by atoms with E-state index in [0.29, 0.717) is 23.1 Å². The van der Waals surface area contributed by atoms with Crippen molar-refractivity contribution in [3.8, 4) is 0 Å². The van der Waals surface area contributed by atoms with Crippen molar-refractivity contribution in [3.63, 3.8) is 0 Å². The molecule has 3 heterocycles. The maximum Gasteiger partial charge on any atom is 0.317 e. The summed E-state index contributed by atoms with van der Waals surface area (Å²) in [6, 6.07) is 3.66. The lowest BCUT2D eigenvalue weighted by Gasteiger charge is -2.36. The Morgan fingerprint density at radius 2 is 1.95 bits per heavy atom. The molecule has 2 aromatic rings. The maximum atomic E-state index is 11.6. The maximum absolute atomic E-state index is 11.6. The number of rotatable bonds is 1. The van der Waals surface area contributed by atoms with E-state index in [4.69, 9.17) is 23.2 Å². The van der Waals surface area contributed by atoms with Gasteiger partial charge in [-0.2, -0.15) is 0 Å². The lowest BCUT2D eigenvalue weighted by molar-refractivity contribution is 0.197. The van der Waals surface area contributed by atoms with Gasteiger partial charge in [0, 0.05) is 26.2 Å². The van der Waals surface area contributed by atoms with Crippen LogP contribution in [0.2, 0.25) is 10.0 Å². The quantitative estimate of drug-likeness (QED) is 0.866. The molecule has 2 aliphatic heterocycles. The Morgan fingerprint density at radius 1 is 1.18 bits per heavy atom. The Bertz CT molecular complexity index is 768. The lowest BCUT2D eigenvalue weighted by Crippen LogP contribution is -2.52. The number of urea groups is 1. The van der Waals surface area contributed by atoms with E-state index < -0.39 is 0 Å². The first-order chi connectivity index (χ1) is 10.6. The summed E-state index contributed by atoms with van der Waals surface area (Å²) < 4.78 is 0. The van der Waals surface area contributed by atoms with Crippen molar-refractivity contribution >= 4 is 46.1 Å². The number of carbonyl (C=O) groups is 1. The van der Waals surface area contributed by atoms with E-state index in [0.717, 1.165) is 29.9 Å². The van der Waals surface area contributed by atoms with Crippen molar-refractivity contribution in [1.29, 1.82) is 0 Å². The van der Waals surface area contributed by atoms with Crippen molar-refractivity contribution in [2.24, 2.45) is 0 Å². The molecule has 8 heteroatoms. The number of carbonyl (C=O) groups excluding carboxylic acids is 1. The molecule has 6 nitrogen and oxygen atoms in total. The molecule has 0 spiro atoms. The van der Waals surface area contributed by atoms with Gasteiger partial charge in [0.2, 0.25) is 0 Å². The fourth-order valence-electron chi connectivity index (χ4n) is 2.96. The molecule has 0 saturated carbocycles. The van der Waals surface area contributed by atoms with Crippen LogP contribution in [0.25, 0.3) is 11.0 Å². The summed E-state index contributed by atoms with van der Waals surface area (Å²) in [4.78, 5) is 24.7. The van der Waals surface area contributed by atoms with Gasteiger partial charge >= 0.3 is 6.03 Å². The molecule has 1 unspecified atom stereocenters. The van der Waals surface area contributed by atoms with Crippen LogP contribution in [-0.4, -0.2) is 53.1 Å². The van der Waals surface area contributed by atoms with Gasteiger partial charge in [-0.3, -0.25) is 4.98 Å². The first-order valence-electron chi connectivity index (χ1n) is 7.03. The van der Waals surface area contributed by atoms with Gasteiger partial charge in [-0.1, -0.05) is 23.2 Å². The minimum absolute atomic E-state index is 0.0238. The first-order valence-corrected chi connectivity index (χ1v) is 7.78. The molecule has 22 heavy (non-hydrogen) atoms. The third-order valence-corrected chi connectivity index (χ3v) is 4.85. The fourth-order valence-corrected chi connectivity index (χ4v) is 3.28. The van der Waals surface area contributed by atoms with Crippen LogP contribution in [0.4, 0.5) is 10.6 Å². The van der Waals surface area contributed by atoms with E-state index in [9.17, 15) is 4.79 Å². The number of amides is 2. The normalized spacial score (nSPS) is 21.2. The van der Waals surface area contributed by atoms with E-state index in [-0.39, 0.29) is 12.1 Å². The van der Waals surface area contributed by atoms with Crippen molar-refractivity contribution in [2.45, 2.75) is 6.04 Å². The van der Waals surface area contributed by atoms with Gasteiger partial charge < -0.3 is 15.1 Å². The Morgan fingerprint density at radius 3 is 2.77 bits per heavy atom. The van der Waals surface area contributed by atoms with E-state index in [2.05, 4.69) is 20.2 Å². The predicted molar refractivity (Wildman–Crippen MR) is 85.7 cm³/mol. The summed E-state index contributed by atoms with van der Waals surface area (Å²) in [5, 5.41) is 3.81. The second kappa shape index (κ2) is 5.14. The number of fused-ring (bicyclic) bond motifs is 2. The molecule has 1 N–H and O–H groups in total. The zero-order chi connectivity index (χ0) is 15.3. The molecule has 1 atom stereocenters. The van der Waals surface area contributed by atoms with Gasteiger partial charge in [0.25, 0.3) is 0 Å². The second-order valence-corrected chi connectivity index (χ2v) is 6.28. The van der Waals surface area contributed by atoms with Crippen LogP contribution >= 0.6 is 23.2 Å². The first kappa shape index (κ1) is 13.8. The highest BCUT2D eigenvalue weighted by molar-refractivity contribution is 6.42. The molecule has 1 aromatic heterocycles. The highest BCUT2D eigenvalue weighted by atomic mass is 35.5. The smallest absolute Gasteiger partial charge is 0.317 e. The number of hydrogen-bond donors (Lipinski definition) is 1. The van der Waals surface area contributed by atoms with Gasteiger partial charge in [-0.25, -0.2) is 9.78 Å². The number of hydrogen-bond acceptors (Lipinski definition) is 4. The summed E-state index contributed by atoms with van der Waals surface area (Å²) in [5.74, 6) is 0.796. The summed E-state index contributed by atoms with van der Waals surface area (Å²) in [7, 11) is 0. The molecule has 2 fully saturated rings. The second-order valence-electron chi connectivity index (χ2n) is 5.46. The monoisotopic (exact) mass is 337 g/mol. The molecule has 2 saturated heterocycles. The minimum atomic E-state index is 0.0238. The van der Waals surface area contributed by atoms with Crippen LogP contribution in [0, 0.1) is 0 Å². The third-order valence-electron chi connectivity index (χ3n) is 4.13. The average Bonchev–Trinajstić information content (AvgIpc) is 2.89.